The van der Waals surface area contributed by atoms with E-state index in [2.05, 4.69) is 25.5 Å². The van der Waals surface area contributed by atoms with E-state index in [9.17, 15) is 4.79 Å². The Hall–Kier alpha value is -2.03. The Balaban J connectivity index is 1.81. The lowest BCUT2D eigenvalue weighted by Crippen LogP contribution is -2.21. The second-order valence-electron chi connectivity index (χ2n) is 5.32. The summed E-state index contributed by atoms with van der Waals surface area (Å²) in [5.74, 6) is 0.673. The SMILES string of the molecule is Cc1[nH]ncc1-c1cc2nc(CCNCCCO)[nH]c(=O)c2s1. The molecule has 0 saturated carbocycles. The van der Waals surface area contributed by atoms with Gasteiger partial charge < -0.3 is 15.4 Å². The first-order chi connectivity index (χ1) is 11.2. The van der Waals surface area contributed by atoms with E-state index in [0.717, 1.165) is 34.6 Å². The summed E-state index contributed by atoms with van der Waals surface area (Å²) in [4.78, 5) is 20.6. The fourth-order valence-corrected chi connectivity index (χ4v) is 3.43. The molecular weight excluding hydrogens is 314 g/mol. The van der Waals surface area contributed by atoms with Crippen LogP contribution in [0.15, 0.2) is 17.1 Å². The smallest absolute Gasteiger partial charge is 0.268 e. The predicted molar refractivity (Wildman–Crippen MR) is 90.8 cm³/mol. The highest BCUT2D eigenvalue weighted by atomic mass is 32.1. The predicted octanol–water partition coefficient (Wildman–Crippen LogP) is 1.20. The third kappa shape index (κ3) is 3.49. The highest BCUT2D eigenvalue weighted by Gasteiger charge is 2.12. The molecule has 122 valence electrons. The summed E-state index contributed by atoms with van der Waals surface area (Å²) >= 11 is 1.43. The average Bonchev–Trinajstić information content (AvgIpc) is 3.13. The number of hydrogen-bond acceptors (Lipinski definition) is 6. The summed E-state index contributed by atoms with van der Waals surface area (Å²) in [6.45, 7) is 3.60. The van der Waals surface area contributed by atoms with E-state index >= 15 is 0 Å². The first-order valence-electron chi connectivity index (χ1n) is 7.53. The van der Waals surface area contributed by atoms with E-state index in [1.807, 2.05) is 13.0 Å². The molecule has 3 aromatic heterocycles. The molecule has 0 aliphatic rings. The van der Waals surface area contributed by atoms with Gasteiger partial charge in [0.15, 0.2) is 0 Å². The van der Waals surface area contributed by atoms with Gasteiger partial charge in [-0.25, -0.2) is 4.98 Å². The first kappa shape index (κ1) is 15.9. The lowest BCUT2D eigenvalue weighted by atomic mass is 10.2. The van der Waals surface area contributed by atoms with Crippen LogP contribution in [-0.4, -0.2) is 45.0 Å². The summed E-state index contributed by atoms with van der Waals surface area (Å²) in [7, 11) is 0. The van der Waals surface area contributed by atoms with Gasteiger partial charge in [-0.05, 0) is 26.0 Å². The monoisotopic (exact) mass is 333 g/mol. The number of thiophene rings is 1. The molecule has 4 N–H and O–H groups in total. The summed E-state index contributed by atoms with van der Waals surface area (Å²) in [6, 6.07) is 1.94. The number of nitrogens with zero attached hydrogens (tertiary/aromatic N) is 2. The number of aliphatic hydroxyl groups is 1. The van der Waals surface area contributed by atoms with E-state index in [-0.39, 0.29) is 12.2 Å². The Bertz CT molecular complexity index is 851. The summed E-state index contributed by atoms with van der Waals surface area (Å²) in [5, 5.41) is 18.9. The largest absolute Gasteiger partial charge is 0.396 e. The van der Waals surface area contributed by atoms with Gasteiger partial charge in [-0.3, -0.25) is 9.89 Å². The van der Waals surface area contributed by atoms with Gasteiger partial charge >= 0.3 is 0 Å². The summed E-state index contributed by atoms with van der Waals surface area (Å²) in [5.41, 5.74) is 2.60. The molecule has 0 radical (unpaired) electrons. The van der Waals surface area contributed by atoms with Gasteiger partial charge in [0, 0.05) is 35.7 Å². The van der Waals surface area contributed by atoms with Crippen LogP contribution in [0.5, 0.6) is 0 Å². The maximum absolute atomic E-state index is 12.2. The minimum atomic E-state index is -0.0993. The van der Waals surface area contributed by atoms with Crippen molar-refractivity contribution in [2.24, 2.45) is 0 Å². The average molecular weight is 333 g/mol. The lowest BCUT2D eigenvalue weighted by molar-refractivity contribution is 0.286. The number of rotatable bonds is 7. The second-order valence-corrected chi connectivity index (χ2v) is 6.38. The van der Waals surface area contributed by atoms with Crippen LogP contribution in [0.3, 0.4) is 0 Å². The molecule has 0 aromatic carbocycles. The fourth-order valence-electron chi connectivity index (χ4n) is 2.37. The van der Waals surface area contributed by atoms with Crippen molar-refractivity contribution in [3.63, 3.8) is 0 Å². The Morgan fingerprint density at radius 2 is 2.26 bits per heavy atom. The van der Waals surface area contributed by atoms with Crippen molar-refractivity contribution in [2.75, 3.05) is 19.7 Å². The van der Waals surface area contributed by atoms with E-state index in [1.165, 1.54) is 11.3 Å². The molecule has 0 fully saturated rings. The first-order valence-corrected chi connectivity index (χ1v) is 8.35. The zero-order valence-electron chi connectivity index (χ0n) is 12.8. The normalized spacial score (nSPS) is 11.4. The van der Waals surface area contributed by atoms with E-state index in [4.69, 9.17) is 5.11 Å². The molecule has 23 heavy (non-hydrogen) atoms. The molecule has 0 amide bonds. The van der Waals surface area contributed by atoms with Gasteiger partial charge in [-0.2, -0.15) is 5.10 Å². The van der Waals surface area contributed by atoms with Crippen LogP contribution in [0, 0.1) is 6.92 Å². The van der Waals surface area contributed by atoms with Gasteiger partial charge in [-0.15, -0.1) is 11.3 Å². The minimum Gasteiger partial charge on any atom is -0.396 e. The highest BCUT2D eigenvalue weighted by molar-refractivity contribution is 7.22. The number of nitrogens with one attached hydrogen (secondary N) is 3. The molecule has 0 atom stereocenters. The second kappa shape index (κ2) is 7.03. The molecule has 0 aliphatic carbocycles. The zero-order chi connectivity index (χ0) is 16.2. The van der Waals surface area contributed by atoms with E-state index in [0.29, 0.717) is 23.5 Å². The number of aryl methyl sites for hydroxylation is 1. The summed E-state index contributed by atoms with van der Waals surface area (Å²) in [6.07, 6.45) is 3.13. The highest BCUT2D eigenvalue weighted by Crippen LogP contribution is 2.31. The summed E-state index contributed by atoms with van der Waals surface area (Å²) < 4.78 is 0.637. The molecule has 0 saturated heterocycles. The quantitative estimate of drug-likeness (QED) is 0.486. The Morgan fingerprint density at radius 1 is 1.39 bits per heavy atom. The van der Waals surface area contributed by atoms with Gasteiger partial charge in [0.1, 0.15) is 10.5 Å². The number of fused-ring (bicyclic) bond motifs is 1. The molecule has 3 aromatic rings. The van der Waals surface area contributed by atoms with Gasteiger partial charge in [0.2, 0.25) is 0 Å². The Kier molecular flexibility index (Phi) is 4.85. The van der Waals surface area contributed by atoms with Crippen molar-refractivity contribution in [3.05, 3.63) is 34.1 Å². The van der Waals surface area contributed by atoms with Crippen molar-refractivity contribution < 1.29 is 5.11 Å². The zero-order valence-corrected chi connectivity index (χ0v) is 13.7. The van der Waals surface area contributed by atoms with E-state index < -0.39 is 0 Å². The van der Waals surface area contributed by atoms with Crippen LogP contribution in [0.25, 0.3) is 20.7 Å². The number of H-pyrrole nitrogens is 2. The fraction of sp³-hybridized carbons (Fsp3) is 0.400. The van der Waals surface area contributed by atoms with Gasteiger partial charge in [0.25, 0.3) is 5.56 Å². The van der Waals surface area contributed by atoms with Crippen LogP contribution in [-0.2, 0) is 6.42 Å². The maximum Gasteiger partial charge on any atom is 0.268 e. The molecule has 7 nitrogen and oxygen atoms in total. The Labute approximate surface area is 136 Å². The van der Waals surface area contributed by atoms with E-state index in [1.54, 1.807) is 6.20 Å². The lowest BCUT2D eigenvalue weighted by Gasteiger charge is -2.03. The number of aliphatic hydroxyl groups excluding tert-OH is 1. The van der Waals surface area contributed by atoms with Crippen LogP contribution in [0.4, 0.5) is 0 Å². The number of aromatic amines is 2. The van der Waals surface area contributed by atoms with Crippen molar-refractivity contribution in [3.8, 4) is 10.4 Å². The molecule has 3 heterocycles. The third-order valence-corrected chi connectivity index (χ3v) is 4.73. The molecule has 8 heteroatoms. The van der Waals surface area contributed by atoms with Crippen molar-refractivity contribution in [2.45, 2.75) is 19.8 Å². The number of aromatic nitrogens is 4. The van der Waals surface area contributed by atoms with Crippen LogP contribution in [0.2, 0.25) is 0 Å². The minimum absolute atomic E-state index is 0.0993. The van der Waals surface area contributed by atoms with Crippen LogP contribution >= 0.6 is 11.3 Å². The van der Waals surface area contributed by atoms with Crippen molar-refractivity contribution in [1.82, 2.24) is 25.5 Å². The maximum atomic E-state index is 12.2. The molecule has 0 aliphatic heterocycles. The molecule has 0 spiro atoms. The third-order valence-electron chi connectivity index (χ3n) is 3.58. The van der Waals surface area contributed by atoms with Crippen molar-refractivity contribution >= 4 is 21.6 Å². The van der Waals surface area contributed by atoms with Crippen LogP contribution in [0.1, 0.15) is 17.9 Å². The Morgan fingerprint density at radius 3 is 3.00 bits per heavy atom. The topological polar surface area (TPSA) is 107 Å². The number of hydrogen-bond donors (Lipinski definition) is 4. The molecule has 0 unspecified atom stereocenters. The van der Waals surface area contributed by atoms with Gasteiger partial charge in [0.05, 0.1) is 11.7 Å². The molecule has 3 rings (SSSR count). The molecule has 0 bridgehead atoms. The van der Waals surface area contributed by atoms with Gasteiger partial charge in [-0.1, -0.05) is 0 Å². The standard InChI is InChI=1S/C15H19N5O2S/c1-9-10(8-17-20-9)12-7-11-14(23-12)15(22)19-13(18-11)3-5-16-4-2-6-21/h7-8,16,21H,2-6H2,1H3,(H,17,20)(H,18,19,22). The van der Waals surface area contributed by atoms with Crippen molar-refractivity contribution in [1.29, 1.82) is 0 Å². The molecular formula is C15H19N5O2S. The van der Waals surface area contributed by atoms with Crippen LogP contribution < -0.4 is 10.9 Å².